The molecule has 2 aromatic rings. The van der Waals surface area contributed by atoms with Crippen LogP contribution in [0.4, 0.5) is 4.39 Å². The first-order valence-electron chi connectivity index (χ1n) is 7.87. The molecule has 1 aromatic carbocycles. The van der Waals surface area contributed by atoms with Gasteiger partial charge in [0.25, 0.3) is 5.91 Å². The molecule has 0 aliphatic heterocycles. The third kappa shape index (κ3) is 5.70. The van der Waals surface area contributed by atoms with Crippen molar-refractivity contribution in [3.05, 3.63) is 53.7 Å². The van der Waals surface area contributed by atoms with Crippen LogP contribution in [0.2, 0.25) is 0 Å². The molecule has 1 amide bonds. The largest absolute Gasteiger partial charge is 0.486 e. The summed E-state index contributed by atoms with van der Waals surface area (Å²) >= 11 is 0. The number of aliphatic hydroxyl groups excluding tert-OH is 1. The molecule has 1 aromatic heterocycles. The lowest BCUT2D eigenvalue weighted by atomic mass is 10.0. The highest BCUT2D eigenvalue weighted by molar-refractivity contribution is 5.91. The number of furan rings is 1. The second kappa shape index (κ2) is 8.49. The normalized spacial score (nSPS) is 13.3. The van der Waals surface area contributed by atoms with E-state index in [1.807, 2.05) is 6.92 Å². The zero-order chi connectivity index (χ0) is 17.5. The molecule has 0 radical (unpaired) electrons. The average molecular weight is 335 g/mol. The maximum Gasteiger partial charge on any atom is 0.287 e. The van der Waals surface area contributed by atoms with Gasteiger partial charge in [-0.1, -0.05) is 6.92 Å². The predicted molar refractivity (Wildman–Crippen MR) is 87.2 cm³/mol. The minimum Gasteiger partial charge on any atom is -0.486 e. The van der Waals surface area contributed by atoms with Crippen LogP contribution < -0.4 is 10.1 Å². The van der Waals surface area contributed by atoms with Crippen LogP contribution in [0.5, 0.6) is 5.75 Å². The number of aliphatic hydroxyl groups is 1. The molecule has 2 rings (SSSR count). The fourth-order valence-corrected chi connectivity index (χ4v) is 2.28. The van der Waals surface area contributed by atoms with Gasteiger partial charge in [0.05, 0.1) is 6.10 Å². The Labute approximate surface area is 140 Å². The molecule has 5 nitrogen and oxygen atoms in total. The lowest BCUT2D eigenvalue weighted by Crippen LogP contribution is -2.29. The molecule has 2 atom stereocenters. The number of halogens is 1. The molecule has 0 aliphatic carbocycles. The van der Waals surface area contributed by atoms with E-state index in [2.05, 4.69) is 5.32 Å². The average Bonchev–Trinajstić information content (AvgIpc) is 3.00. The second-order valence-electron chi connectivity index (χ2n) is 5.91. The third-order valence-corrected chi connectivity index (χ3v) is 3.43. The summed E-state index contributed by atoms with van der Waals surface area (Å²) in [4.78, 5) is 12.0. The monoisotopic (exact) mass is 335 g/mol. The number of carbonyl (C=O) groups is 1. The van der Waals surface area contributed by atoms with Gasteiger partial charge < -0.3 is 19.6 Å². The van der Waals surface area contributed by atoms with Gasteiger partial charge in [0.1, 0.15) is 23.9 Å². The predicted octanol–water partition coefficient (Wildman–Crippen LogP) is 3.13. The first-order chi connectivity index (χ1) is 11.4. The number of hydrogen-bond acceptors (Lipinski definition) is 4. The van der Waals surface area contributed by atoms with E-state index >= 15 is 0 Å². The Morgan fingerprint density at radius 2 is 1.96 bits per heavy atom. The van der Waals surface area contributed by atoms with Crippen LogP contribution >= 0.6 is 0 Å². The van der Waals surface area contributed by atoms with E-state index in [1.54, 1.807) is 19.1 Å². The molecular weight excluding hydrogens is 313 g/mol. The molecule has 1 heterocycles. The van der Waals surface area contributed by atoms with Gasteiger partial charge in [-0.25, -0.2) is 4.39 Å². The summed E-state index contributed by atoms with van der Waals surface area (Å²) in [5.74, 6) is 0.763. The minimum absolute atomic E-state index is 0.150. The van der Waals surface area contributed by atoms with Crippen LogP contribution in [0.3, 0.4) is 0 Å². The van der Waals surface area contributed by atoms with Crippen LogP contribution in [0.15, 0.2) is 40.8 Å². The Kier molecular flexibility index (Phi) is 6.37. The van der Waals surface area contributed by atoms with E-state index in [-0.39, 0.29) is 30.0 Å². The van der Waals surface area contributed by atoms with Crippen LogP contribution in [-0.2, 0) is 6.61 Å². The molecule has 24 heavy (non-hydrogen) atoms. The number of benzene rings is 1. The Hall–Kier alpha value is -2.34. The first-order valence-corrected chi connectivity index (χ1v) is 7.87. The summed E-state index contributed by atoms with van der Waals surface area (Å²) in [7, 11) is 0. The van der Waals surface area contributed by atoms with Crippen molar-refractivity contribution in [2.24, 2.45) is 5.92 Å². The summed E-state index contributed by atoms with van der Waals surface area (Å²) in [5, 5.41) is 12.1. The summed E-state index contributed by atoms with van der Waals surface area (Å²) < 4.78 is 23.7. The highest BCUT2D eigenvalue weighted by atomic mass is 19.1. The Morgan fingerprint density at radius 1 is 1.25 bits per heavy atom. The maximum absolute atomic E-state index is 12.8. The molecule has 0 saturated heterocycles. The van der Waals surface area contributed by atoms with Crippen molar-refractivity contribution < 1.29 is 23.4 Å². The molecular formula is C18H22FNO4. The van der Waals surface area contributed by atoms with E-state index in [0.717, 1.165) is 0 Å². The lowest BCUT2D eigenvalue weighted by molar-refractivity contribution is 0.0908. The van der Waals surface area contributed by atoms with Crippen molar-refractivity contribution >= 4 is 5.91 Å². The van der Waals surface area contributed by atoms with Gasteiger partial charge in [-0.15, -0.1) is 0 Å². The summed E-state index contributed by atoms with van der Waals surface area (Å²) in [6, 6.07) is 8.91. The summed E-state index contributed by atoms with van der Waals surface area (Å²) in [6.45, 7) is 4.29. The fraction of sp³-hybridized carbons (Fsp3) is 0.389. The maximum atomic E-state index is 12.8. The Bertz CT molecular complexity index is 651. The SMILES string of the molecule is CC(O)CC(C)CNC(=O)c1ccc(COc2ccc(F)cc2)o1. The smallest absolute Gasteiger partial charge is 0.287 e. The molecule has 0 saturated carbocycles. The van der Waals surface area contributed by atoms with Crippen molar-refractivity contribution in [3.8, 4) is 5.75 Å². The van der Waals surface area contributed by atoms with E-state index < -0.39 is 6.10 Å². The minimum atomic E-state index is -0.393. The van der Waals surface area contributed by atoms with Crippen molar-refractivity contribution in [3.63, 3.8) is 0 Å². The number of rotatable bonds is 8. The highest BCUT2D eigenvalue weighted by Crippen LogP contribution is 2.15. The quantitative estimate of drug-likeness (QED) is 0.777. The van der Waals surface area contributed by atoms with E-state index in [9.17, 15) is 14.3 Å². The Morgan fingerprint density at radius 3 is 2.62 bits per heavy atom. The van der Waals surface area contributed by atoms with Gasteiger partial charge in [0, 0.05) is 6.54 Å². The van der Waals surface area contributed by atoms with Crippen LogP contribution in [-0.4, -0.2) is 23.7 Å². The molecule has 0 fully saturated rings. The summed E-state index contributed by atoms with van der Waals surface area (Å²) in [5.41, 5.74) is 0. The zero-order valence-corrected chi connectivity index (χ0v) is 13.8. The number of carbonyl (C=O) groups excluding carboxylic acids is 1. The van der Waals surface area contributed by atoms with E-state index in [0.29, 0.717) is 24.5 Å². The Balaban J connectivity index is 1.81. The van der Waals surface area contributed by atoms with Crippen LogP contribution in [0, 0.1) is 11.7 Å². The molecule has 0 bridgehead atoms. The van der Waals surface area contributed by atoms with Crippen LogP contribution in [0.25, 0.3) is 0 Å². The van der Waals surface area contributed by atoms with Gasteiger partial charge in [0.2, 0.25) is 0 Å². The first kappa shape index (κ1) is 18.0. The third-order valence-electron chi connectivity index (χ3n) is 3.43. The molecule has 130 valence electrons. The molecule has 0 spiro atoms. The van der Waals surface area contributed by atoms with Gasteiger partial charge in [-0.05, 0) is 55.7 Å². The number of nitrogens with one attached hydrogen (secondary N) is 1. The zero-order valence-electron chi connectivity index (χ0n) is 13.8. The number of hydrogen-bond donors (Lipinski definition) is 2. The second-order valence-corrected chi connectivity index (χ2v) is 5.91. The lowest BCUT2D eigenvalue weighted by Gasteiger charge is -2.13. The van der Waals surface area contributed by atoms with E-state index in [4.69, 9.17) is 9.15 Å². The van der Waals surface area contributed by atoms with Gasteiger partial charge in [-0.2, -0.15) is 0 Å². The standard InChI is InChI=1S/C18H22FNO4/c1-12(9-13(2)21)10-20-18(22)17-8-7-16(24-17)11-23-15-5-3-14(19)4-6-15/h3-8,12-13,21H,9-11H2,1-2H3,(H,20,22). The highest BCUT2D eigenvalue weighted by Gasteiger charge is 2.13. The number of ether oxygens (including phenoxy) is 1. The van der Waals surface area contributed by atoms with Crippen molar-refractivity contribution in [2.75, 3.05) is 6.54 Å². The molecule has 0 aliphatic rings. The van der Waals surface area contributed by atoms with E-state index in [1.165, 1.54) is 24.3 Å². The van der Waals surface area contributed by atoms with Crippen molar-refractivity contribution in [1.29, 1.82) is 0 Å². The molecule has 6 heteroatoms. The van der Waals surface area contributed by atoms with Gasteiger partial charge >= 0.3 is 0 Å². The number of amides is 1. The van der Waals surface area contributed by atoms with Crippen molar-refractivity contribution in [1.82, 2.24) is 5.32 Å². The molecule has 2 unspecified atom stereocenters. The topological polar surface area (TPSA) is 71.7 Å². The van der Waals surface area contributed by atoms with Gasteiger partial charge in [-0.3, -0.25) is 4.79 Å². The van der Waals surface area contributed by atoms with Gasteiger partial charge in [0.15, 0.2) is 5.76 Å². The molecule has 2 N–H and O–H groups in total. The summed E-state index contributed by atoms with van der Waals surface area (Å²) in [6.07, 6.45) is 0.227. The van der Waals surface area contributed by atoms with Crippen molar-refractivity contribution in [2.45, 2.75) is 33.0 Å². The fourth-order valence-electron chi connectivity index (χ4n) is 2.28. The van der Waals surface area contributed by atoms with Crippen LogP contribution in [0.1, 0.15) is 36.6 Å².